The van der Waals surface area contributed by atoms with Gasteiger partial charge in [0.15, 0.2) is 15.6 Å². The van der Waals surface area contributed by atoms with Gasteiger partial charge in [0, 0.05) is 32.2 Å². The predicted octanol–water partition coefficient (Wildman–Crippen LogP) is 4.03. The van der Waals surface area contributed by atoms with E-state index in [-0.39, 0.29) is 33.1 Å². The van der Waals surface area contributed by atoms with E-state index in [1.165, 1.54) is 0 Å². The number of carbonyl (C=O) groups is 1. The first-order valence-corrected chi connectivity index (χ1v) is 12.6. The first-order chi connectivity index (χ1) is 16.0. The lowest BCUT2D eigenvalue weighted by Crippen LogP contribution is -2.38. The van der Waals surface area contributed by atoms with Gasteiger partial charge in [-0.3, -0.25) is 10.1 Å². The van der Waals surface area contributed by atoms with Crippen molar-refractivity contribution in [3.05, 3.63) is 38.6 Å². The Bertz CT molecular complexity index is 1180. The molecule has 15 heteroatoms. The van der Waals surface area contributed by atoms with E-state index in [1.807, 2.05) is 0 Å². The highest BCUT2D eigenvalue weighted by Gasteiger charge is 2.33. The molecule has 0 amide bonds. The second-order valence-corrected chi connectivity index (χ2v) is 10.0. The highest BCUT2D eigenvalue weighted by molar-refractivity contribution is 7.90. The summed E-state index contributed by atoms with van der Waals surface area (Å²) in [7, 11) is -3.60. The third-order valence-corrected chi connectivity index (χ3v) is 6.47. The summed E-state index contributed by atoms with van der Waals surface area (Å²) in [5.74, 6) is -0.606. The summed E-state index contributed by atoms with van der Waals surface area (Å²) in [4.78, 5) is 32.1. The quantitative estimate of drug-likeness (QED) is 0.287. The van der Waals surface area contributed by atoms with Crippen LogP contribution >= 0.6 is 23.2 Å². The standard InChI is InChI=1S/C19H20Cl2N4O8S/c1-3-31-19(26)32-11-4-6-24(7-5-11)17-15(25(27)28)18(23-10-22-17)33-16-13(20)8-12(9-14(16)21)34(2,29)30/h8-11H,3-7H2,1-2H3. The van der Waals surface area contributed by atoms with Gasteiger partial charge in [0.2, 0.25) is 5.82 Å². The molecule has 0 saturated carbocycles. The summed E-state index contributed by atoms with van der Waals surface area (Å²) >= 11 is 12.3. The number of hydrogen-bond acceptors (Lipinski definition) is 11. The number of aromatic nitrogens is 2. The fourth-order valence-corrected chi connectivity index (χ4v) is 4.60. The third-order valence-electron chi connectivity index (χ3n) is 4.82. The molecule has 184 valence electrons. The van der Waals surface area contributed by atoms with Gasteiger partial charge in [0.25, 0.3) is 0 Å². The average molecular weight is 535 g/mol. The molecule has 0 unspecified atom stereocenters. The van der Waals surface area contributed by atoms with Crippen LogP contribution in [0.4, 0.5) is 16.3 Å². The van der Waals surface area contributed by atoms with Crippen molar-refractivity contribution in [3.8, 4) is 11.6 Å². The largest absolute Gasteiger partial charge is 0.508 e. The SMILES string of the molecule is CCOC(=O)OC1CCN(c2ncnc(Oc3c(Cl)cc(S(C)(=O)=O)cc3Cl)c2[N+](=O)[O-])CC1. The molecular weight excluding hydrogens is 515 g/mol. The third kappa shape index (κ3) is 5.96. The highest BCUT2D eigenvalue weighted by Crippen LogP contribution is 2.42. The minimum Gasteiger partial charge on any atom is -0.435 e. The van der Waals surface area contributed by atoms with Gasteiger partial charge in [-0.2, -0.15) is 4.98 Å². The van der Waals surface area contributed by atoms with Crippen molar-refractivity contribution in [1.29, 1.82) is 0 Å². The lowest BCUT2D eigenvalue weighted by molar-refractivity contribution is -0.385. The number of rotatable bonds is 7. The monoisotopic (exact) mass is 534 g/mol. The zero-order chi connectivity index (χ0) is 25.0. The fraction of sp³-hybridized carbons (Fsp3) is 0.421. The number of sulfone groups is 1. The van der Waals surface area contributed by atoms with E-state index in [2.05, 4.69) is 9.97 Å². The number of hydrogen-bond donors (Lipinski definition) is 0. The second-order valence-electron chi connectivity index (χ2n) is 7.19. The number of carbonyl (C=O) groups excluding carboxylic acids is 1. The maximum Gasteiger partial charge on any atom is 0.508 e. The minimum absolute atomic E-state index is 0.00425. The molecule has 0 aliphatic carbocycles. The zero-order valence-corrected chi connectivity index (χ0v) is 20.4. The molecule has 1 fully saturated rings. The van der Waals surface area contributed by atoms with Crippen LogP contribution in [0.1, 0.15) is 19.8 Å². The molecule has 1 saturated heterocycles. The normalized spacial score (nSPS) is 14.5. The van der Waals surface area contributed by atoms with E-state index >= 15 is 0 Å². The summed E-state index contributed by atoms with van der Waals surface area (Å²) in [6.45, 7) is 2.48. The van der Waals surface area contributed by atoms with Crippen LogP contribution in [-0.2, 0) is 19.3 Å². The van der Waals surface area contributed by atoms with E-state index < -0.39 is 38.6 Å². The second kappa shape index (κ2) is 10.6. The van der Waals surface area contributed by atoms with Crippen molar-refractivity contribution < 1.29 is 32.3 Å². The number of piperidine rings is 1. The van der Waals surface area contributed by atoms with Gasteiger partial charge < -0.3 is 19.1 Å². The zero-order valence-electron chi connectivity index (χ0n) is 18.1. The Labute approximate surface area is 204 Å². The van der Waals surface area contributed by atoms with Crippen molar-refractivity contribution in [2.45, 2.75) is 30.8 Å². The molecule has 0 N–H and O–H groups in total. The van der Waals surface area contributed by atoms with Crippen LogP contribution < -0.4 is 9.64 Å². The van der Waals surface area contributed by atoms with Gasteiger partial charge >= 0.3 is 17.7 Å². The maximum atomic E-state index is 11.9. The molecule has 1 aromatic heterocycles. The summed E-state index contributed by atoms with van der Waals surface area (Å²) < 4.78 is 39.1. The first kappa shape index (κ1) is 25.7. The van der Waals surface area contributed by atoms with E-state index in [0.717, 1.165) is 24.7 Å². The van der Waals surface area contributed by atoms with Crippen LogP contribution in [0.15, 0.2) is 23.4 Å². The molecule has 3 rings (SSSR count). The molecule has 34 heavy (non-hydrogen) atoms. The number of halogens is 2. The van der Waals surface area contributed by atoms with E-state index in [1.54, 1.807) is 11.8 Å². The Balaban J connectivity index is 1.86. The Hall–Kier alpha value is -2.90. The molecule has 1 aliphatic rings. The van der Waals surface area contributed by atoms with Crippen LogP contribution in [0, 0.1) is 10.1 Å². The molecule has 0 atom stereocenters. The number of anilines is 1. The Morgan fingerprint density at radius 2 is 1.85 bits per heavy atom. The molecular formula is C19H20Cl2N4O8S. The van der Waals surface area contributed by atoms with Crippen molar-refractivity contribution in [2.75, 3.05) is 30.9 Å². The smallest absolute Gasteiger partial charge is 0.435 e. The first-order valence-electron chi connectivity index (χ1n) is 9.96. The number of benzene rings is 1. The van der Waals surface area contributed by atoms with Crippen molar-refractivity contribution >= 4 is 50.7 Å². The van der Waals surface area contributed by atoms with Gasteiger partial charge in [-0.05, 0) is 19.1 Å². The van der Waals surface area contributed by atoms with Crippen LogP contribution in [0.2, 0.25) is 10.0 Å². The molecule has 0 bridgehead atoms. The molecule has 1 aliphatic heterocycles. The van der Waals surface area contributed by atoms with E-state index in [4.69, 9.17) is 37.4 Å². The van der Waals surface area contributed by atoms with E-state index in [0.29, 0.717) is 25.9 Å². The molecule has 2 aromatic rings. The molecule has 0 spiro atoms. The summed E-state index contributed by atoms with van der Waals surface area (Å²) in [6.07, 6.45) is 1.73. The fourth-order valence-electron chi connectivity index (χ4n) is 3.24. The summed E-state index contributed by atoms with van der Waals surface area (Å²) in [5, 5.41) is 11.6. The van der Waals surface area contributed by atoms with E-state index in [9.17, 15) is 23.3 Å². The molecule has 1 aromatic carbocycles. The van der Waals surface area contributed by atoms with Crippen LogP contribution in [-0.4, -0.2) is 61.5 Å². The maximum absolute atomic E-state index is 11.9. The topological polar surface area (TPSA) is 151 Å². The molecule has 2 heterocycles. The Morgan fingerprint density at radius 3 is 2.38 bits per heavy atom. The summed E-state index contributed by atoms with van der Waals surface area (Å²) in [5.41, 5.74) is -0.522. The van der Waals surface area contributed by atoms with Crippen LogP contribution in [0.25, 0.3) is 0 Å². The lowest BCUT2D eigenvalue weighted by atomic mass is 10.1. The average Bonchev–Trinajstić information content (AvgIpc) is 2.75. The lowest BCUT2D eigenvalue weighted by Gasteiger charge is -2.31. The van der Waals surface area contributed by atoms with Crippen molar-refractivity contribution in [2.24, 2.45) is 0 Å². The van der Waals surface area contributed by atoms with Gasteiger partial charge in [-0.15, -0.1) is 0 Å². The molecule has 0 radical (unpaired) electrons. The van der Waals surface area contributed by atoms with Gasteiger partial charge in [0.05, 0.1) is 26.5 Å². The van der Waals surface area contributed by atoms with Gasteiger partial charge in [-0.25, -0.2) is 18.2 Å². The van der Waals surface area contributed by atoms with Gasteiger partial charge in [0.1, 0.15) is 12.4 Å². The van der Waals surface area contributed by atoms with Gasteiger partial charge in [-0.1, -0.05) is 23.2 Å². The number of ether oxygens (including phenoxy) is 3. The Kier molecular flexibility index (Phi) is 8.00. The van der Waals surface area contributed by atoms with Crippen molar-refractivity contribution in [1.82, 2.24) is 9.97 Å². The number of nitrogens with zero attached hydrogens (tertiary/aromatic N) is 4. The molecule has 12 nitrogen and oxygen atoms in total. The van der Waals surface area contributed by atoms with Crippen LogP contribution in [0.5, 0.6) is 11.6 Å². The minimum atomic E-state index is -3.60. The summed E-state index contributed by atoms with van der Waals surface area (Å²) in [6, 6.07) is 2.25. The number of nitro groups is 1. The highest BCUT2D eigenvalue weighted by atomic mass is 35.5. The van der Waals surface area contributed by atoms with Crippen LogP contribution in [0.3, 0.4) is 0 Å². The Morgan fingerprint density at radius 1 is 1.24 bits per heavy atom. The predicted molar refractivity (Wildman–Crippen MR) is 122 cm³/mol. The van der Waals surface area contributed by atoms with Crippen molar-refractivity contribution in [3.63, 3.8) is 0 Å².